The summed E-state index contributed by atoms with van der Waals surface area (Å²) in [6.07, 6.45) is 0. The first-order valence-electron chi connectivity index (χ1n) is 5.93. The zero-order valence-electron chi connectivity index (χ0n) is 11.0. The van der Waals surface area contributed by atoms with Gasteiger partial charge in [0.2, 0.25) is 0 Å². The fraction of sp³-hybridized carbons (Fsp3) is 0.0714. The minimum absolute atomic E-state index is 0.0366. The zero-order chi connectivity index (χ0) is 15.6. The average Bonchev–Trinajstić information content (AvgIpc) is 2.40. The number of nitro benzene ring substituents is 1. The molecule has 0 saturated carbocycles. The number of aromatic carboxylic acids is 1. The lowest BCUT2D eigenvalue weighted by atomic mass is 10.1. The van der Waals surface area contributed by atoms with E-state index in [1.54, 1.807) is 6.92 Å². The molecule has 0 amide bonds. The number of halogens is 1. The molecule has 6 nitrogen and oxygen atoms in total. The molecule has 0 aromatic heterocycles. The topological polar surface area (TPSA) is 92.5 Å². The van der Waals surface area contributed by atoms with E-state index in [4.69, 9.17) is 5.11 Å². The smallest absolute Gasteiger partial charge is 0.338 e. The third-order valence-corrected chi connectivity index (χ3v) is 2.90. The van der Waals surface area contributed by atoms with Crippen molar-refractivity contribution in [2.45, 2.75) is 6.92 Å². The largest absolute Gasteiger partial charge is 0.478 e. The second kappa shape index (κ2) is 5.58. The number of non-ortho nitro benzene ring substituents is 1. The van der Waals surface area contributed by atoms with Gasteiger partial charge in [-0.2, -0.15) is 0 Å². The summed E-state index contributed by atoms with van der Waals surface area (Å²) in [7, 11) is 0. The van der Waals surface area contributed by atoms with Gasteiger partial charge in [0, 0.05) is 23.5 Å². The molecular formula is C14H11FN2O4. The van der Waals surface area contributed by atoms with Crippen molar-refractivity contribution in [2.75, 3.05) is 5.32 Å². The quantitative estimate of drug-likeness (QED) is 0.664. The minimum Gasteiger partial charge on any atom is -0.478 e. The molecule has 7 heteroatoms. The molecule has 108 valence electrons. The van der Waals surface area contributed by atoms with Crippen molar-refractivity contribution < 1.29 is 19.2 Å². The number of benzene rings is 2. The summed E-state index contributed by atoms with van der Waals surface area (Å²) < 4.78 is 13.6. The second-order valence-electron chi connectivity index (χ2n) is 4.38. The molecule has 0 fully saturated rings. The van der Waals surface area contributed by atoms with E-state index in [0.29, 0.717) is 16.9 Å². The van der Waals surface area contributed by atoms with Crippen molar-refractivity contribution in [1.82, 2.24) is 0 Å². The normalized spacial score (nSPS) is 10.2. The monoisotopic (exact) mass is 290 g/mol. The first kappa shape index (κ1) is 14.4. The fourth-order valence-electron chi connectivity index (χ4n) is 1.82. The number of hydrogen-bond donors (Lipinski definition) is 2. The van der Waals surface area contributed by atoms with Crippen LogP contribution in [0.5, 0.6) is 0 Å². The molecule has 0 saturated heterocycles. The maximum atomic E-state index is 13.6. The van der Waals surface area contributed by atoms with E-state index >= 15 is 0 Å². The molecular weight excluding hydrogens is 279 g/mol. The van der Waals surface area contributed by atoms with Crippen LogP contribution in [-0.4, -0.2) is 16.0 Å². The Hall–Kier alpha value is -2.96. The molecule has 2 aromatic rings. The highest BCUT2D eigenvalue weighted by Crippen LogP contribution is 2.25. The molecule has 0 aliphatic heterocycles. The van der Waals surface area contributed by atoms with Crippen LogP contribution in [-0.2, 0) is 0 Å². The lowest BCUT2D eigenvalue weighted by Gasteiger charge is -2.10. The number of nitrogens with zero attached hydrogens (tertiary/aromatic N) is 1. The molecule has 0 heterocycles. The van der Waals surface area contributed by atoms with Gasteiger partial charge in [-0.25, -0.2) is 9.18 Å². The first-order valence-corrected chi connectivity index (χ1v) is 5.93. The number of rotatable bonds is 4. The predicted octanol–water partition coefficient (Wildman–Crippen LogP) is 3.48. The molecule has 0 bridgehead atoms. The van der Waals surface area contributed by atoms with E-state index in [1.807, 2.05) is 0 Å². The Bertz CT molecular complexity index is 731. The lowest BCUT2D eigenvalue weighted by molar-refractivity contribution is -0.384. The first-order chi connectivity index (χ1) is 9.88. The van der Waals surface area contributed by atoms with Gasteiger partial charge in [-0.15, -0.1) is 0 Å². The van der Waals surface area contributed by atoms with Crippen molar-refractivity contribution in [3.63, 3.8) is 0 Å². The Balaban J connectivity index is 2.28. The van der Waals surface area contributed by atoms with Crippen LogP contribution in [0.3, 0.4) is 0 Å². The van der Waals surface area contributed by atoms with Crippen LogP contribution in [0.15, 0.2) is 36.4 Å². The van der Waals surface area contributed by atoms with Gasteiger partial charge in [0.05, 0.1) is 10.5 Å². The van der Waals surface area contributed by atoms with Crippen molar-refractivity contribution in [3.8, 4) is 0 Å². The average molecular weight is 290 g/mol. The van der Waals surface area contributed by atoms with E-state index in [2.05, 4.69) is 5.32 Å². The van der Waals surface area contributed by atoms with Crippen LogP contribution in [0, 0.1) is 22.9 Å². The number of carboxylic acids is 1. The maximum absolute atomic E-state index is 13.6. The SMILES string of the molecule is Cc1cc([N+](=O)[O-])ccc1Nc1ccc(C(=O)O)c(F)c1. The fourth-order valence-corrected chi connectivity index (χ4v) is 1.82. The van der Waals surface area contributed by atoms with E-state index in [1.165, 1.54) is 24.3 Å². The summed E-state index contributed by atoms with van der Waals surface area (Å²) >= 11 is 0. The van der Waals surface area contributed by atoms with Crippen LogP contribution < -0.4 is 5.32 Å². The number of carboxylic acid groups (broad SMARTS) is 1. The van der Waals surface area contributed by atoms with Gasteiger partial charge in [0.25, 0.3) is 5.69 Å². The Morgan fingerprint density at radius 1 is 1.29 bits per heavy atom. The van der Waals surface area contributed by atoms with Gasteiger partial charge < -0.3 is 10.4 Å². The van der Waals surface area contributed by atoms with E-state index in [-0.39, 0.29) is 5.69 Å². The van der Waals surface area contributed by atoms with Crippen LogP contribution in [0.1, 0.15) is 15.9 Å². The summed E-state index contributed by atoms with van der Waals surface area (Å²) in [5.74, 6) is -2.20. The number of nitro groups is 1. The molecule has 0 atom stereocenters. The Kier molecular flexibility index (Phi) is 3.84. The van der Waals surface area contributed by atoms with Crippen LogP contribution in [0.4, 0.5) is 21.5 Å². The third-order valence-electron chi connectivity index (χ3n) is 2.90. The highest BCUT2D eigenvalue weighted by molar-refractivity contribution is 5.88. The number of carbonyl (C=O) groups is 1. The van der Waals surface area contributed by atoms with E-state index in [0.717, 1.165) is 12.1 Å². The van der Waals surface area contributed by atoms with Gasteiger partial charge in [-0.3, -0.25) is 10.1 Å². The van der Waals surface area contributed by atoms with Gasteiger partial charge >= 0.3 is 5.97 Å². The lowest BCUT2D eigenvalue weighted by Crippen LogP contribution is -2.02. The minimum atomic E-state index is -1.34. The van der Waals surface area contributed by atoms with Crippen LogP contribution >= 0.6 is 0 Å². The maximum Gasteiger partial charge on any atom is 0.338 e. The number of aryl methyl sites for hydroxylation is 1. The molecule has 0 spiro atoms. The summed E-state index contributed by atoms with van der Waals surface area (Å²) in [6.45, 7) is 1.68. The van der Waals surface area contributed by atoms with Gasteiger partial charge in [-0.05, 0) is 36.8 Å². The second-order valence-corrected chi connectivity index (χ2v) is 4.38. The van der Waals surface area contributed by atoms with Crippen molar-refractivity contribution in [3.05, 3.63) is 63.5 Å². The molecule has 2 N–H and O–H groups in total. The number of nitrogens with one attached hydrogen (secondary N) is 1. The molecule has 0 unspecified atom stereocenters. The number of hydrogen-bond acceptors (Lipinski definition) is 4. The zero-order valence-corrected chi connectivity index (χ0v) is 11.0. The van der Waals surface area contributed by atoms with Gasteiger partial charge in [0.1, 0.15) is 5.82 Å². The summed E-state index contributed by atoms with van der Waals surface area (Å²) in [6, 6.07) is 7.87. The molecule has 0 aliphatic carbocycles. The highest BCUT2D eigenvalue weighted by atomic mass is 19.1. The molecule has 2 aromatic carbocycles. The van der Waals surface area contributed by atoms with Crippen LogP contribution in [0.25, 0.3) is 0 Å². The summed E-state index contributed by atoms with van der Waals surface area (Å²) in [5.41, 5.74) is 1.09. The van der Waals surface area contributed by atoms with Crippen LogP contribution in [0.2, 0.25) is 0 Å². The standard InChI is InChI=1S/C14H11FN2O4/c1-8-6-10(17(20)21)3-5-13(8)16-9-2-4-11(14(18)19)12(15)7-9/h2-7,16H,1H3,(H,18,19). The van der Waals surface area contributed by atoms with Crippen molar-refractivity contribution in [1.29, 1.82) is 0 Å². The molecule has 0 radical (unpaired) electrons. The predicted molar refractivity (Wildman–Crippen MR) is 74.5 cm³/mol. The molecule has 0 aliphatic rings. The Labute approximate surface area is 119 Å². The van der Waals surface area contributed by atoms with Crippen molar-refractivity contribution >= 4 is 23.0 Å². The van der Waals surface area contributed by atoms with E-state index in [9.17, 15) is 19.3 Å². The summed E-state index contributed by atoms with van der Waals surface area (Å²) in [5, 5.41) is 22.3. The number of anilines is 2. The molecule has 21 heavy (non-hydrogen) atoms. The van der Waals surface area contributed by atoms with Gasteiger partial charge in [-0.1, -0.05) is 0 Å². The summed E-state index contributed by atoms with van der Waals surface area (Å²) in [4.78, 5) is 20.9. The highest BCUT2D eigenvalue weighted by Gasteiger charge is 2.12. The van der Waals surface area contributed by atoms with E-state index < -0.39 is 22.3 Å². The molecule has 2 rings (SSSR count). The van der Waals surface area contributed by atoms with Gasteiger partial charge in [0.15, 0.2) is 0 Å². The van der Waals surface area contributed by atoms with Crippen molar-refractivity contribution in [2.24, 2.45) is 0 Å². The third kappa shape index (κ3) is 3.14. The Morgan fingerprint density at radius 3 is 2.52 bits per heavy atom. The Morgan fingerprint density at radius 2 is 2.00 bits per heavy atom.